The first-order valence-corrected chi connectivity index (χ1v) is 5.27. The van der Waals surface area contributed by atoms with Crippen LogP contribution >= 0.6 is 0 Å². The molecule has 2 aromatic rings. The first kappa shape index (κ1) is 10.7. The Balaban J connectivity index is 1.96. The van der Waals surface area contributed by atoms with E-state index in [9.17, 15) is 4.79 Å². The van der Waals surface area contributed by atoms with E-state index in [1.54, 1.807) is 6.92 Å². The van der Waals surface area contributed by atoms with E-state index in [0.717, 1.165) is 16.7 Å². The van der Waals surface area contributed by atoms with Crippen molar-refractivity contribution in [2.24, 2.45) is 0 Å². The smallest absolute Gasteiger partial charge is 0.305 e. The molecule has 0 saturated heterocycles. The van der Waals surface area contributed by atoms with Gasteiger partial charge in [-0.2, -0.15) is 0 Å². The highest BCUT2D eigenvalue weighted by atomic mass is 16.5. The van der Waals surface area contributed by atoms with Gasteiger partial charge in [-0.1, -0.05) is 13.0 Å². The van der Waals surface area contributed by atoms with E-state index in [-0.39, 0.29) is 5.97 Å². The summed E-state index contributed by atoms with van der Waals surface area (Å²) in [5.74, 6) is -0.166. The summed E-state index contributed by atoms with van der Waals surface area (Å²) in [6.07, 6.45) is 2.54. The largest absolute Gasteiger partial charge is 0.465 e. The summed E-state index contributed by atoms with van der Waals surface area (Å²) in [4.78, 5) is 15.0. The van der Waals surface area contributed by atoms with Crippen molar-refractivity contribution < 1.29 is 13.9 Å². The minimum absolute atomic E-state index is 0.166. The Labute approximate surface area is 93.2 Å². The Morgan fingerprint density at radius 2 is 2.38 bits per heavy atom. The van der Waals surface area contributed by atoms with Crippen molar-refractivity contribution in [3.05, 3.63) is 30.2 Å². The van der Waals surface area contributed by atoms with Gasteiger partial charge >= 0.3 is 5.97 Å². The van der Waals surface area contributed by atoms with Crippen molar-refractivity contribution in [3.63, 3.8) is 0 Å². The molecule has 0 unspecified atom stereocenters. The number of esters is 1. The quantitative estimate of drug-likeness (QED) is 0.740. The summed E-state index contributed by atoms with van der Waals surface area (Å²) in [5.41, 5.74) is 2.68. The van der Waals surface area contributed by atoms with Gasteiger partial charge in [0.1, 0.15) is 5.52 Å². The molecule has 4 heteroatoms. The molecule has 0 N–H and O–H groups in total. The fourth-order valence-electron chi connectivity index (χ4n) is 1.44. The van der Waals surface area contributed by atoms with Gasteiger partial charge in [0.2, 0.25) is 0 Å². The van der Waals surface area contributed by atoms with Gasteiger partial charge in [0, 0.05) is 12.8 Å². The van der Waals surface area contributed by atoms with Crippen LogP contribution in [0.3, 0.4) is 0 Å². The number of nitrogens with zero attached hydrogens (tertiary/aromatic N) is 1. The monoisotopic (exact) mass is 219 g/mol. The molecule has 16 heavy (non-hydrogen) atoms. The second-order valence-electron chi connectivity index (χ2n) is 3.48. The van der Waals surface area contributed by atoms with Gasteiger partial charge < -0.3 is 9.15 Å². The van der Waals surface area contributed by atoms with Crippen molar-refractivity contribution in [3.8, 4) is 0 Å². The fourth-order valence-corrected chi connectivity index (χ4v) is 1.44. The summed E-state index contributed by atoms with van der Waals surface area (Å²) in [6, 6.07) is 5.78. The second-order valence-corrected chi connectivity index (χ2v) is 3.48. The van der Waals surface area contributed by atoms with Gasteiger partial charge in [0.15, 0.2) is 12.0 Å². The summed E-state index contributed by atoms with van der Waals surface area (Å²) < 4.78 is 10.2. The number of hydrogen-bond donors (Lipinski definition) is 0. The van der Waals surface area contributed by atoms with Gasteiger partial charge in [-0.05, 0) is 17.7 Å². The Morgan fingerprint density at radius 1 is 1.50 bits per heavy atom. The maximum Gasteiger partial charge on any atom is 0.305 e. The molecule has 0 fully saturated rings. The third-order valence-electron chi connectivity index (χ3n) is 2.34. The predicted molar refractivity (Wildman–Crippen MR) is 59.0 cm³/mol. The Hall–Kier alpha value is -1.84. The Kier molecular flexibility index (Phi) is 3.19. The molecular formula is C12H13NO3. The molecule has 2 rings (SSSR count). The highest BCUT2D eigenvalue weighted by Gasteiger charge is 2.02. The zero-order chi connectivity index (χ0) is 11.4. The van der Waals surface area contributed by atoms with E-state index in [2.05, 4.69) is 4.98 Å². The number of rotatable bonds is 4. The zero-order valence-electron chi connectivity index (χ0n) is 9.10. The predicted octanol–water partition coefficient (Wildman–Crippen LogP) is 2.32. The number of fused-ring (bicyclic) bond motifs is 1. The molecule has 0 radical (unpaired) electrons. The van der Waals surface area contributed by atoms with Crippen LogP contribution < -0.4 is 0 Å². The number of ether oxygens (including phenoxy) is 1. The Bertz CT molecular complexity index is 490. The summed E-state index contributed by atoms with van der Waals surface area (Å²) >= 11 is 0. The molecule has 1 aromatic carbocycles. The van der Waals surface area contributed by atoms with Crippen LogP contribution in [0, 0.1) is 0 Å². The third-order valence-corrected chi connectivity index (χ3v) is 2.34. The van der Waals surface area contributed by atoms with Crippen LogP contribution in [0.15, 0.2) is 29.0 Å². The summed E-state index contributed by atoms with van der Waals surface area (Å²) in [6.45, 7) is 2.19. The van der Waals surface area contributed by atoms with Crippen LogP contribution in [-0.4, -0.2) is 17.6 Å². The van der Waals surface area contributed by atoms with E-state index in [0.29, 0.717) is 19.4 Å². The minimum atomic E-state index is -0.166. The highest BCUT2D eigenvalue weighted by molar-refractivity contribution is 5.72. The number of benzene rings is 1. The van der Waals surface area contributed by atoms with Gasteiger partial charge in [-0.25, -0.2) is 4.98 Å². The molecule has 0 saturated carbocycles. The lowest BCUT2D eigenvalue weighted by atomic mass is 10.1. The van der Waals surface area contributed by atoms with Crippen molar-refractivity contribution in [2.45, 2.75) is 19.8 Å². The number of hydrogen-bond acceptors (Lipinski definition) is 4. The summed E-state index contributed by atoms with van der Waals surface area (Å²) in [7, 11) is 0. The molecular weight excluding hydrogens is 206 g/mol. The second kappa shape index (κ2) is 4.79. The molecule has 1 heterocycles. The first-order chi connectivity index (χ1) is 7.79. The van der Waals surface area contributed by atoms with Crippen LogP contribution in [-0.2, 0) is 16.0 Å². The molecule has 84 valence electrons. The van der Waals surface area contributed by atoms with Crippen LogP contribution in [0.5, 0.6) is 0 Å². The SMILES string of the molecule is CCC(=O)OCCc1ccc2ncoc2c1. The van der Waals surface area contributed by atoms with Gasteiger partial charge in [-0.3, -0.25) is 4.79 Å². The average Bonchev–Trinajstić information content (AvgIpc) is 2.76. The van der Waals surface area contributed by atoms with E-state index in [4.69, 9.17) is 9.15 Å². The zero-order valence-corrected chi connectivity index (χ0v) is 9.10. The molecule has 0 bridgehead atoms. The Morgan fingerprint density at radius 3 is 3.19 bits per heavy atom. The molecule has 0 aliphatic rings. The van der Waals surface area contributed by atoms with Gasteiger partial charge in [0.05, 0.1) is 6.61 Å². The standard InChI is InChI=1S/C12H13NO3/c1-2-12(14)15-6-5-9-3-4-10-11(7-9)16-8-13-10/h3-4,7-8H,2,5-6H2,1H3. The van der Waals surface area contributed by atoms with Crippen molar-refractivity contribution in [2.75, 3.05) is 6.61 Å². The average molecular weight is 219 g/mol. The molecule has 0 atom stereocenters. The number of carbonyl (C=O) groups is 1. The molecule has 0 spiro atoms. The maximum atomic E-state index is 10.9. The van der Waals surface area contributed by atoms with Crippen molar-refractivity contribution in [1.82, 2.24) is 4.98 Å². The molecule has 1 aromatic heterocycles. The maximum absolute atomic E-state index is 10.9. The first-order valence-electron chi connectivity index (χ1n) is 5.27. The van der Waals surface area contributed by atoms with E-state index in [1.165, 1.54) is 6.39 Å². The van der Waals surface area contributed by atoms with Crippen LogP contribution in [0.2, 0.25) is 0 Å². The minimum Gasteiger partial charge on any atom is -0.465 e. The van der Waals surface area contributed by atoms with Crippen molar-refractivity contribution >= 4 is 17.1 Å². The van der Waals surface area contributed by atoms with Crippen LogP contribution in [0.4, 0.5) is 0 Å². The normalized spacial score (nSPS) is 10.6. The highest BCUT2D eigenvalue weighted by Crippen LogP contribution is 2.14. The topological polar surface area (TPSA) is 52.3 Å². The van der Waals surface area contributed by atoms with Gasteiger partial charge in [-0.15, -0.1) is 0 Å². The van der Waals surface area contributed by atoms with Crippen LogP contribution in [0.25, 0.3) is 11.1 Å². The number of oxazole rings is 1. The molecule has 0 aliphatic carbocycles. The lowest BCUT2D eigenvalue weighted by molar-refractivity contribution is -0.143. The van der Waals surface area contributed by atoms with E-state index < -0.39 is 0 Å². The lowest BCUT2D eigenvalue weighted by Gasteiger charge is -2.02. The lowest BCUT2D eigenvalue weighted by Crippen LogP contribution is -2.05. The number of carbonyl (C=O) groups excluding carboxylic acids is 1. The van der Waals surface area contributed by atoms with Crippen molar-refractivity contribution in [1.29, 1.82) is 0 Å². The van der Waals surface area contributed by atoms with Gasteiger partial charge in [0.25, 0.3) is 0 Å². The number of aromatic nitrogens is 1. The van der Waals surface area contributed by atoms with Crippen LogP contribution in [0.1, 0.15) is 18.9 Å². The fraction of sp³-hybridized carbons (Fsp3) is 0.333. The molecule has 0 amide bonds. The summed E-state index contributed by atoms with van der Waals surface area (Å²) in [5, 5.41) is 0. The molecule has 4 nitrogen and oxygen atoms in total. The van der Waals surface area contributed by atoms with E-state index >= 15 is 0 Å². The van der Waals surface area contributed by atoms with E-state index in [1.807, 2.05) is 18.2 Å². The third kappa shape index (κ3) is 2.39. The molecule has 0 aliphatic heterocycles.